The molecule has 0 radical (unpaired) electrons. The third kappa shape index (κ3) is 3.36. The lowest BCUT2D eigenvalue weighted by Gasteiger charge is -2.06. The topological polar surface area (TPSA) is 37.8 Å². The zero-order chi connectivity index (χ0) is 10.5. The molecule has 1 fully saturated rings. The number of nitrogens with one attached hydrogen (secondary N) is 1. The van der Waals surface area contributed by atoms with Crippen LogP contribution < -0.4 is 5.32 Å². The summed E-state index contributed by atoms with van der Waals surface area (Å²) in [6.45, 7) is 2.33. The molecule has 1 aliphatic rings. The molecular formula is C10H15N3S2. The Morgan fingerprint density at radius 3 is 3.27 bits per heavy atom. The molecule has 15 heavy (non-hydrogen) atoms. The SMILES string of the molecule is CSc1nccc(SC[C@@H]2CCNC2)n1. The van der Waals surface area contributed by atoms with Crippen LogP contribution in [0.2, 0.25) is 0 Å². The first-order valence-electron chi connectivity index (χ1n) is 5.09. The lowest BCUT2D eigenvalue weighted by molar-refractivity contribution is 0.662. The normalized spacial score (nSPS) is 20.7. The van der Waals surface area contributed by atoms with E-state index >= 15 is 0 Å². The number of nitrogens with zero attached hydrogens (tertiary/aromatic N) is 2. The van der Waals surface area contributed by atoms with Gasteiger partial charge in [0.25, 0.3) is 0 Å². The van der Waals surface area contributed by atoms with Crippen LogP contribution in [0.25, 0.3) is 0 Å². The predicted molar refractivity (Wildman–Crippen MR) is 65.5 cm³/mol. The maximum Gasteiger partial charge on any atom is 0.188 e. The molecule has 0 amide bonds. The molecule has 5 heteroatoms. The summed E-state index contributed by atoms with van der Waals surface area (Å²) < 4.78 is 0. The Morgan fingerprint density at radius 2 is 2.53 bits per heavy atom. The van der Waals surface area contributed by atoms with Crippen LogP contribution >= 0.6 is 23.5 Å². The van der Waals surface area contributed by atoms with Gasteiger partial charge in [0.2, 0.25) is 0 Å². The number of aromatic nitrogens is 2. The summed E-state index contributed by atoms with van der Waals surface area (Å²) in [6.07, 6.45) is 5.15. The second-order valence-corrected chi connectivity index (χ2v) is 5.37. The average molecular weight is 241 g/mol. The highest BCUT2D eigenvalue weighted by molar-refractivity contribution is 7.99. The molecule has 0 saturated carbocycles. The van der Waals surface area contributed by atoms with Crippen molar-refractivity contribution in [2.45, 2.75) is 16.6 Å². The Labute approximate surface area is 98.9 Å². The van der Waals surface area contributed by atoms with Gasteiger partial charge in [-0.2, -0.15) is 0 Å². The second-order valence-electron chi connectivity index (χ2n) is 3.55. The maximum atomic E-state index is 4.45. The largest absolute Gasteiger partial charge is 0.316 e. The van der Waals surface area contributed by atoms with Gasteiger partial charge >= 0.3 is 0 Å². The van der Waals surface area contributed by atoms with Gasteiger partial charge in [0.1, 0.15) is 5.03 Å². The van der Waals surface area contributed by atoms with Crippen molar-refractivity contribution < 1.29 is 0 Å². The standard InChI is InChI=1S/C10H15N3S2/c1-14-10-12-5-3-9(13-10)15-7-8-2-4-11-6-8/h3,5,8,11H,2,4,6-7H2,1H3/t8-/m1/s1. The van der Waals surface area contributed by atoms with E-state index in [0.717, 1.165) is 28.4 Å². The Balaban J connectivity index is 1.86. The van der Waals surface area contributed by atoms with Crippen LogP contribution in [0.4, 0.5) is 0 Å². The van der Waals surface area contributed by atoms with Crippen LogP contribution in [0, 0.1) is 5.92 Å². The first kappa shape index (κ1) is 11.2. The lowest BCUT2D eigenvalue weighted by Crippen LogP contribution is -2.10. The van der Waals surface area contributed by atoms with E-state index in [1.807, 2.05) is 30.3 Å². The van der Waals surface area contributed by atoms with E-state index in [9.17, 15) is 0 Å². The van der Waals surface area contributed by atoms with E-state index in [0.29, 0.717) is 0 Å². The zero-order valence-electron chi connectivity index (χ0n) is 8.77. The van der Waals surface area contributed by atoms with Gasteiger partial charge in [-0.05, 0) is 37.8 Å². The maximum absolute atomic E-state index is 4.45. The first-order chi connectivity index (χ1) is 7.38. The molecule has 2 heterocycles. The van der Waals surface area contributed by atoms with E-state index in [-0.39, 0.29) is 0 Å². The van der Waals surface area contributed by atoms with Gasteiger partial charge in [-0.25, -0.2) is 9.97 Å². The highest BCUT2D eigenvalue weighted by atomic mass is 32.2. The molecule has 1 N–H and O–H groups in total. The molecule has 0 aromatic carbocycles. The molecule has 0 unspecified atom stereocenters. The number of thioether (sulfide) groups is 2. The number of rotatable bonds is 4. The molecule has 2 rings (SSSR count). The van der Waals surface area contributed by atoms with Gasteiger partial charge < -0.3 is 5.32 Å². The van der Waals surface area contributed by atoms with E-state index in [4.69, 9.17) is 0 Å². The summed E-state index contributed by atoms with van der Waals surface area (Å²) in [4.78, 5) is 8.61. The fourth-order valence-electron chi connectivity index (χ4n) is 1.56. The average Bonchev–Trinajstić information content (AvgIpc) is 2.79. The smallest absolute Gasteiger partial charge is 0.188 e. The Kier molecular flexibility index (Phi) is 4.29. The summed E-state index contributed by atoms with van der Waals surface area (Å²) in [5.74, 6) is 1.97. The van der Waals surface area contributed by atoms with E-state index in [1.165, 1.54) is 13.0 Å². The van der Waals surface area contributed by atoms with Crippen molar-refractivity contribution in [2.24, 2.45) is 5.92 Å². The van der Waals surface area contributed by atoms with Gasteiger partial charge in [0, 0.05) is 11.9 Å². The van der Waals surface area contributed by atoms with Crippen LogP contribution in [0.15, 0.2) is 22.4 Å². The minimum Gasteiger partial charge on any atom is -0.316 e. The minimum absolute atomic E-state index is 0.808. The zero-order valence-corrected chi connectivity index (χ0v) is 10.4. The molecule has 0 aliphatic carbocycles. The number of hydrogen-bond acceptors (Lipinski definition) is 5. The van der Waals surface area contributed by atoms with Crippen LogP contribution in [-0.2, 0) is 0 Å². The summed E-state index contributed by atoms with van der Waals surface area (Å²) >= 11 is 3.44. The van der Waals surface area contributed by atoms with Gasteiger partial charge in [-0.3, -0.25) is 0 Å². The van der Waals surface area contributed by atoms with Crippen molar-refractivity contribution in [3.05, 3.63) is 12.3 Å². The molecule has 1 atom stereocenters. The predicted octanol–water partition coefficient (Wildman–Crippen LogP) is 1.90. The van der Waals surface area contributed by atoms with Gasteiger partial charge in [0.15, 0.2) is 5.16 Å². The van der Waals surface area contributed by atoms with Crippen molar-refractivity contribution >= 4 is 23.5 Å². The molecule has 1 aromatic rings. The van der Waals surface area contributed by atoms with Crippen molar-refractivity contribution in [2.75, 3.05) is 25.1 Å². The monoisotopic (exact) mass is 241 g/mol. The van der Waals surface area contributed by atoms with Crippen LogP contribution in [-0.4, -0.2) is 35.1 Å². The van der Waals surface area contributed by atoms with Crippen molar-refractivity contribution in [1.82, 2.24) is 15.3 Å². The summed E-state index contributed by atoms with van der Waals surface area (Å²) in [7, 11) is 0. The third-order valence-corrected chi connectivity index (χ3v) is 4.14. The number of hydrogen-bond donors (Lipinski definition) is 1. The molecule has 3 nitrogen and oxygen atoms in total. The van der Waals surface area contributed by atoms with Crippen molar-refractivity contribution in [3.8, 4) is 0 Å². The quantitative estimate of drug-likeness (QED) is 0.495. The van der Waals surface area contributed by atoms with Gasteiger partial charge in [0.05, 0.1) is 0 Å². The Hall–Kier alpha value is -0.260. The third-order valence-electron chi connectivity index (χ3n) is 2.42. The molecule has 1 saturated heterocycles. The molecular weight excluding hydrogens is 226 g/mol. The van der Waals surface area contributed by atoms with E-state index < -0.39 is 0 Å². The minimum atomic E-state index is 0.808. The summed E-state index contributed by atoms with van der Waals surface area (Å²) in [5.41, 5.74) is 0. The van der Waals surface area contributed by atoms with Crippen LogP contribution in [0.3, 0.4) is 0 Å². The molecule has 1 aromatic heterocycles. The Morgan fingerprint density at radius 1 is 1.60 bits per heavy atom. The van der Waals surface area contributed by atoms with Crippen molar-refractivity contribution in [1.29, 1.82) is 0 Å². The van der Waals surface area contributed by atoms with Crippen LogP contribution in [0.5, 0.6) is 0 Å². The molecule has 0 bridgehead atoms. The van der Waals surface area contributed by atoms with Crippen LogP contribution in [0.1, 0.15) is 6.42 Å². The highest BCUT2D eigenvalue weighted by Crippen LogP contribution is 2.22. The van der Waals surface area contributed by atoms with E-state index in [2.05, 4.69) is 15.3 Å². The lowest BCUT2D eigenvalue weighted by atomic mass is 10.2. The molecule has 1 aliphatic heterocycles. The van der Waals surface area contributed by atoms with Gasteiger partial charge in [-0.15, -0.1) is 11.8 Å². The first-order valence-corrected chi connectivity index (χ1v) is 7.30. The fraction of sp³-hybridized carbons (Fsp3) is 0.600. The molecule has 82 valence electrons. The highest BCUT2D eigenvalue weighted by Gasteiger charge is 2.14. The fourth-order valence-corrected chi connectivity index (χ4v) is 2.98. The molecule has 0 spiro atoms. The Bertz CT molecular complexity index is 313. The summed E-state index contributed by atoms with van der Waals surface area (Å²) in [6, 6.07) is 1.99. The second kappa shape index (κ2) is 5.72. The van der Waals surface area contributed by atoms with Gasteiger partial charge in [-0.1, -0.05) is 11.8 Å². The summed E-state index contributed by atoms with van der Waals surface area (Å²) in [5, 5.41) is 5.34. The van der Waals surface area contributed by atoms with E-state index in [1.54, 1.807) is 11.8 Å². The van der Waals surface area contributed by atoms with Crippen molar-refractivity contribution in [3.63, 3.8) is 0 Å².